The smallest absolute Gasteiger partial charge is 0.227 e. The summed E-state index contributed by atoms with van der Waals surface area (Å²) in [4.78, 5) is 19.8. The molecule has 1 saturated carbocycles. The molecule has 3 N–H and O–H groups in total. The standard InChI is InChI=1S/C19H20FN5O3/c20-11-7-12-13(8-15(11)26)22-18(21-12)17-14(23-19(27)10-4-5-10)9-25(24-17)16-3-1-2-6-28-16/h7-10,16,26H,1-6H2,(H,21,22)(H,23,27). The van der Waals surface area contributed by atoms with E-state index in [1.165, 1.54) is 12.1 Å². The van der Waals surface area contributed by atoms with Gasteiger partial charge in [0.1, 0.15) is 6.23 Å². The number of nitrogens with one attached hydrogen (secondary N) is 2. The van der Waals surface area contributed by atoms with E-state index in [1.807, 2.05) is 0 Å². The Hall–Kier alpha value is -2.94. The van der Waals surface area contributed by atoms with Gasteiger partial charge in [-0.1, -0.05) is 0 Å². The maximum absolute atomic E-state index is 13.7. The number of carbonyl (C=O) groups excluding carboxylic acids is 1. The number of imidazole rings is 1. The number of hydrogen-bond donors (Lipinski definition) is 3. The lowest BCUT2D eigenvalue weighted by Gasteiger charge is -2.22. The van der Waals surface area contributed by atoms with Crippen molar-refractivity contribution in [3.8, 4) is 17.3 Å². The van der Waals surface area contributed by atoms with Crippen LogP contribution in [0.25, 0.3) is 22.6 Å². The van der Waals surface area contributed by atoms with Crippen LogP contribution in [0.5, 0.6) is 5.75 Å². The number of amides is 1. The van der Waals surface area contributed by atoms with Crippen molar-refractivity contribution in [3.63, 3.8) is 0 Å². The Morgan fingerprint density at radius 3 is 2.93 bits per heavy atom. The van der Waals surface area contributed by atoms with Crippen molar-refractivity contribution in [2.45, 2.75) is 38.3 Å². The van der Waals surface area contributed by atoms with Gasteiger partial charge in [-0.15, -0.1) is 0 Å². The topological polar surface area (TPSA) is 105 Å². The van der Waals surface area contributed by atoms with Crippen molar-refractivity contribution in [2.75, 3.05) is 11.9 Å². The second-order valence-electron chi connectivity index (χ2n) is 7.36. The number of phenols is 1. The molecule has 3 heterocycles. The number of H-pyrrole nitrogens is 1. The minimum atomic E-state index is -0.730. The third-order valence-corrected chi connectivity index (χ3v) is 5.16. The van der Waals surface area contributed by atoms with Crippen molar-refractivity contribution < 1.29 is 19.0 Å². The number of aromatic amines is 1. The summed E-state index contributed by atoms with van der Waals surface area (Å²) in [5.41, 5.74) is 1.85. The molecule has 28 heavy (non-hydrogen) atoms. The van der Waals surface area contributed by atoms with Crippen LogP contribution in [0, 0.1) is 11.7 Å². The zero-order valence-corrected chi connectivity index (χ0v) is 15.1. The van der Waals surface area contributed by atoms with Crippen LogP contribution in [-0.2, 0) is 9.53 Å². The number of anilines is 1. The first-order chi connectivity index (χ1) is 13.6. The van der Waals surface area contributed by atoms with Crippen molar-refractivity contribution in [3.05, 3.63) is 24.1 Å². The van der Waals surface area contributed by atoms with Gasteiger partial charge in [-0.2, -0.15) is 5.10 Å². The number of hydrogen-bond acceptors (Lipinski definition) is 5. The van der Waals surface area contributed by atoms with Crippen LogP contribution in [0.15, 0.2) is 18.3 Å². The van der Waals surface area contributed by atoms with E-state index in [9.17, 15) is 14.3 Å². The number of benzene rings is 1. The fourth-order valence-corrected chi connectivity index (χ4v) is 3.45. The Balaban J connectivity index is 1.55. The highest BCUT2D eigenvalue weighted by Gasteiger charge is 2.31. The van der Waals surface area contributed by atoms with Crippen LogP contribution in [0.4, 0.5) is 10.1 Å². The molecule has 9 heteroatoms. The second-order valence-corrected chi connectivity index (χ2v) is 7.36. The molecular weight excluding hydrogens is 365 g/mol. The number of ether oxygens (including phenoxy) is 1. The summed E-state index contributed by atoms with van der Waals surface area (Å²) in [5.74, 6) is -0.797. The molecule has 3 aromatic rings. The lowest BCUT2D eigenvalue weighted by atomic mass is 10.2. The summed E-state index contributed by atoms with van der Waals surface area (Å²) in [6.45, 7) is 0.673. The average molecular weight is 385 g/mol. The molecule has 146 valence electrons. The first kappa shape index (κ1) is 17.2. The molecule has 5 rings (SSSR count). The van der Waals surface area contributed by atoms with Crippen LogP contribution in [-0.4, -0.2) is 37.4 Å². The second kappa shape index (κ2) is 6.59. The minimum Gasteiger partial charge on any atom is -0.505 e. The van der Waals surface area contributed by atoms with E-state index in [2.05, 4.69) is 20.4 Å². The third kappa shape index (κ3) is 3.11. The van der Waals surface area contributed by atoms with Gasteiger partial charge in [-0.05, 0) is 32.1 Å². The summed E-state index contributed by atoms with van der Waals surface area (Å²) in [5, 5.41) is 17.1. The van der Waals surface area contributed by atoms with Gasteiger partial charge in [0, 0.05) is 24.7 Å². The van der Waals surface area contributed by atoms with Crippen molar-refractivity contribution in [2.24, 2.45) is 5.92 Å². The highest BCUT2D eigenvalue weighted by atomic mass is 19.1. The predicted molar refractivity (Wildman–Crippen MR) is 99.1 cm³/mol. The van der Waals surface area contributed by atoms with Gasteiger partial charge in [0.2, 0.25) is 5.91 Å². The summed E-state index contributed by atoms with van der Waals surface area (Å²) >= 11 is 0. The Morgan fingerprint density at radius 1 is 1.32 bits per heavy atom. The fourth-order valence-electron chi connectivity index (χ4n) is 3.45. The van der Waals surface area contributed by atoms with Gasteiger partial charge in [0.25, 0.3) is 0 Å². The maximum atomic E-state index is 13.7. The molecule has 1 aliphatic heterocycles. The summed E-state index contributed by atoms with van der Waals surface area (Å²) in [7, 11) is 0. The Kier molecular flexibility index (Phi) is 4.04. The molecule has 1 atom stereocenters. The molecule has 0 spiro atoms. The molecule has 1 aromatic carbocycles. The van der Waals surface area contributed by atoms with Gasteiger partial charge in [0.05, 0.1) is 22.9 Å². The first-order valence-corrected chi connectivity index (χ1v) is 9.49. The lowest BCUT2D eigenvalue weighted by Crippen LogP contribution is -2.18. The van der Waals surface area contributed by atoms with Gasteiger partial charge < -0.3 is 20.1 Å². The third-order valence-electron chi connectivity index (χ3n) is 5.16. The number of nitrogens with zero attached hydrogens (tertiary/aromatic N) is 3. The van der Waals surface area contributed by atoms with E-state index in [-0.39, 0.29) is 18.1 Å². The molecule has 2 aliphatic rings. The van der Waals surface area contributed by atoms with Crippen LogP contribution in [0.1, 0.15) is 38.3 Å². The number of aromatic nitrogens is 4. The molecule has 8 nitrogen and oxygen atoms in total. The van der Waals surface area contributed by atoms with Crippen molar-refractivity contribution in [1.29, 1.82) is 0 Å². The molecule has 2 fully saturated rings. The number of carbonyl (C=O) groups is 1. The van der Waals surface area contributed by atoms with Crippen LogP contribution < -0.4 is 5.32 Å². The molecule has 1 aliphatic carbocycles. The monoisotopic (exact) mass is 385 g/mol. The fraction of sp³-hybridized carbons (Fsp3) is 0.421. The molecule has 0 bridgehead atoms. The van der Waals surface area contributed by atoms with E-state index in [1.54, 1.807) is 10.9 Å². The molecule has 0 radical (unpaired) electrons. The van der Waals surface area contributed by atoms with E-state index < -0.39 is 11.6 Å². The zero-order valence-electron chi connectivity index (χ0n) is 15.1. The molecule has 1 amide bonds. The minimum absolute atomic E-state index is 0.0369. The SMILES string of the molecule is O=C(Nc1cn(C2CCCCO2)nc1-c1nc2cc(O)c(F)cc2[nH]1)C1CC1. The number of halogens is 1. The van der Waals surface area contributed by atoms with Gasteiger partial charge in [-0.3, -0.25) is 4.79 Å². The molecule has 2 aromatic heterocycles. The molecule has 1 saturated heterocycles. The summed E-state index contributed by atoms with van der Waals surface area (Å²) in [6, 6.07) is 2.44. The maximum Gasteiger partial charge on any atom is 0.227 e. The number of fused-ring (bicyclic) bond motifs is 1. The van der Waals surface area contributed by atoms with Gasteiger partial charge in [0.15, 0.2) is 23.1 Å². The highest BCUT2D eigenvalue weighted by Crippen LogP contribution is 2.34. The predicted octanol–water partition coefficient (Wildman–Crippen LogP) is 3.32. The van der Waals surface area contributed by atoms with E-state index in [4.69, 9.17) is 4.74 Å². The number of aromatic hydroxyl groups is 1. The normalized spacial score (nSPS) is 19.8. The quantitative estimate of drug-likeness (QED) is 0.639. The van der Waals surface area contributed by atoms with Crippen LogP contribution >= 0.6 is 0 Å². The largest absolute Gasteiger partial charge is 0.505 e. The van der Waals surface area contributed by atoms with Crippen molar-refractivity contribution in [1.82, 2.24) is 19.7 Å². The van der Waals surface area contributed by atoms with Gasteiger partial charge in [-0.25, -0.2) is 14.1 Å². The molecule has 1 unspecified atom stereocenters. The number of phenolic OH excluding ortho intramolecular Hbond substituents is 1. The Bertz CT molecular complexity index is 1010. The number of rotatable bonds is 4. The Labute approximate surface area is 159 Å². The summed E-state index contributed by atoms with van der Waals surface area (Å²) in [6.07, 6.45) is 6.27. The van der Waals surface area contributed by atoms with Crippen LogP contribution in [0.2, 0.25) is 0 Å². The lowest BCUT2D eigenvalue weighted by molar-refractivity contribution is -0.117. The first-order valence-electron chi connectivity index (χ1n) is 9.49. The van der Waals surface area contributed by atoms with E-state index in [0.29, 0.717) is 34.8 Å². The van der Waals surface area contributed by atoms with E-state index >= 15 is 0 Å². The molecular formula is C19H20FN5O3. The van der Waals surface area contributed by atoms with Crippen LogP contribution in [0.3, 0.4) is 0 Å². The summed E-state index contributed by atoms with van der Waals surface area (Å²) < 4.78 is 21.2. The zero-order chi connectivity index (χ0) is 19.3. The average Bonchev–Trinajstić information content (AvgIpc) is 3.35. The van der Waals surface area contributed by atoms with E-state index in [0.717, 1.165) is 32.1 Å². The Morgan fingerprint density at radius 2 is 2.18 bits per heavy atom. The van der Waals surface area contributed by atoms with Gasteiger partial charge >= 0.3 is 0 Å². The van der Waals surface area contributed by atoms with Crippen molar-refractivity contribution >= 4 is 22.6 Å². The highest BCUT2D eigenvalue weighted by molar-refractivity contribution is 5.97.